The number of urea groups is 1. The Morgan fingerprint density at radius 1 is 1.64 bits per heavy atom. The van der Waals surface area contributed by atoms with Gasteiger partial charge in [-0.25, -0.2) is 4.79 Å². The first kappa shape index (κ1) is 11.3. The van der Waals surface area contributed by atoms with Crippen LogP contribution in [0.25, 0.3) is 0 Å². The van der Waals surface area contributed by atoms with Crippen molar-refractivity contribution in [2.75, 3.05) is 7.05 Å². The maximum Gasteiger partial charge on any atom is 0.314 e. The molecule has 0 heterocycles. The second-order valence-electron chi connectivity index (χ2n) is 2.93. The molecule has 1 aromatic carbocycles. The maximum absolute atomic E-state index is 10.8. The summed E-state index contributed by atoms with van der Waals surface area (Å²) in [6.07, 6.45) is 0. The highest BCUT2D eigenvalue weighted by Crippen LogP contribution is 2.21. The zero-order chi connectivity index (χ0) is 10.7. The number of hydrogen-bond donors (Lipinski definition) is 1. The van der Waals surface area contributed by atoms with E-state index in [1.54, 1.807) is 13.1 Å². The summed E-state index contributed by atoms with van der Waals surface area (Å²) in [7, 11) is 1.62. The molecule has 0 aliphatic rings. The van der Waals surface area contributed by atoms with Gasteiger partial charge in [-0.2, -0.15) is 0 Å². The fourth-order valence-corrected chi connectivity index (χ4v) is 1.58. The van der Waals surface area contributed by atoms with Crippen molar-refractivity contribution in [1.82, 2.24) is 4.90 Å². The predicted molar refractivity (Wildman–Crippen MR) is 60.2 cm³/mol. The molecule has 0 atom stereocenters. The quantitative estimate of drug-likeness (QED) is 0.887. The normalized spacial score (nSPS) is 9.93. The predicted octanol–water partition coefficient (Wildman–Crippen LogP) is 2.61. The Morgan fingerprint density at radius 2 is 2.29 bits per heavy atom. The van der Waals surface area contributed by atoms with E-state index >= 15 is 0 Å². The Morgan fingerprint density at radius 3 is 2.86 bits per heavy atom. The van der Waals surface area contributed by atoms with Crippen LogP contribution in [0.15, 0.2) is 22.7 Å². The van der Waals surface area contributed by atoms with Gasteiger partial charge in [-0.15, -0.1) is 0 Å². The summed E-state index contributed by atoms with van der Waals surface area (Å²) in [6, 6.07) is 5.01. The van der Waals surface area contributed by atoms with Crippen molar-refractivity contribution in [2.45, 2.75) is 6.54 Å². The zero-order valence-corrected chi connectivity index (χ0v) is 9.97. The molecule has 0 aromatic heterocycles. The number of primary amides is 1. The average Bonchev–Trinajstić information content (AvgIpc) is 2.11. The Labute approximate surface area is 96.0 Å². The fraction of sp³-hybridized carbons (Fsp3) is 0.222. The van der Waals surface area contributed by atoms with Gasteiger partial charge in [0.2, 0.25) is 0 Å². The van der Waals surface area contributed by atoms with Gasteiger partial charge in [0.05, 0.1) is 0 Å². The fourth-order valence-electron chi connectivity index (χ4n) is 0.998. The maximum atomic E-state index is 10.8. The Balaban J connectivity index is 2.85. The lowest BCUT2D eigenvalue weighted by molar-refractivity contribution is 0.216. The van der Waals surface area contributed by atoms with Gasteiger partial charge in [0, 0.05) is 23.1 Å². The Bertz CT molecular complexity index is 357. The highest BCUT2D eigenvalue weighted by molar-refractivity contribution is 9.10. The molecule has 3 nitrogen and oxygen atoms in total. The molecule has 0 saturated carbocycles. The molecule has 1 rings (SSSR count). The van der Waals surface area contributed by atoms with Gasteiger partial charge in [0.15, 0.2) is 0 Å². The Kier molecular flexibility index (Phi) is 3.77. The second-order valence-corrected chi connectivity index (χ2v) is 4.25. The highest BCUT2D eigenvalue weighted by atomic mass is 79.9. The first-order valence-electron chi connectivity index (χ1n) is 3.95. The van der Waals surface area contributed by atoms with Crippen molar-refractivity contribution in [3.8, 4) is 0 Å². The van der Waals surface area contributed by atoms with E-state index in [-0.39, 0.29) is 0 Å². The van der Waals surface area contributed by atoms with E-state index in [2.05, 4.69) is 15.9 Å². The van der Waals surface area contributed by atoms with Crippen LogP contribution in [0.5, 0.6) is 0 Å². The average molecular weight is 278 g/mol. The van der Waals surface area contributed by atoms with Gasteiger partial charge in [-0.1, -0.05) is 27.5 Å². The van der Waals surface area contributed by atoms with E-state index in [1.165, 1.54) is 4.90 Å². The van der Waals surface area contributed by atoms with Crippen LogP contribution in [0.1, 0.15) is 5.56 Å². The minimum atomic E-state index is -0.471. The molecule has 0 bridgehead atoms. The molecule has 0 unspecified atom stereocenters. The summed E-state index contributed by atoms with van der Waals surface area (Å²) in [5.41, 5.74) is 5.97. The highest BCUT2D eigenvalue weighted by Gasteiger charge is 2.07. The van der Waals surface area contributed by atoms with Crippen molar-refractivity contribution < 1.29 is 4.79 Å². The van der Waals surface area contributed by atoms with Crippen molar-refractivity contribution in [3.05, 3.63) is 33.3 Å². The van der Waals surface area contributed by atoms with Gasteiger partial charge in [-0.3, -0.25) is 0 Å². The number of nitrogens with two attached hydrogens (primary N) is 1. The van der Waals surface area contributed by atoms with E-state index in [1.807, 2.05) is 12.1 Å². The van der Waals surface area contributed by atoms with E-state index in [0.717, 1.165) is 10.0 Å². The van der Waals surface area contributed by atoms with Crippen LogP contribution in [-0.2, 0) is 6.54 Å². The summed E-state index contributed by atoms with van der Waals surface area (Å²) < 4.78 is 0.926. The van der Waals surface area contributed by atoms with E-state index in [0.29, 0.717) is 11.6 Å². The lowest BCUT2D eigenvalue weighted by Crippen LogP contribution is -2.31. The molecular formula is C9H10BrClN2O. The first-order valence-corrected chi connectivity index (χ1v) is 5.12. The summed E-state index contributed by atoms with van der Waals surface area (Å²) in [4.78, 5) is 12.2. The van der Waals surface area contributed by atoms with Crippen LogP contribution in [0, 0.1) is 0 Å². The zero-order valence-electron chi connectivity index (χ0n) is 7.63. The van der Waals surface area contributed by atoms with Gasteiger partial charge in [0.1, 0.15) is 0 Å². The van der Waals surface area contributed by atoms with Gasteiger partial charge >= 0.3 is 6.03 Å². The summed E-state index contributed by atoms with van der Waals surface area (Å²) in [5, 5.41) is 0.626. The van der Waals surface area contributed by atoms with Gasteiger partial charge in [0.25, 0.3) is 0 Å². The summed E-state index contributed by atoms with van der Waals surface area (Å²) >= 11 is 9.28. The van der Waals surface area contributed by atoms with E-state index in [4.69, 9.17) is 17.3 Å². The molecule has 0 saturated heterocycles. The number of benzene rings is 1. The van der Waals surface area contributed by atoms with E-state index in [9.17, 15) is 4.79 Å². The van der Waals surface area contributed by atoms with Crippen molar-refractivity contribution in [1.29, 1.82) is 0 Å². The molecule has 2 N–H and O–H groups in total. The molecular weight excluding hydrogens is 267 g/mol. The first-order chi connectivity index (χ1) is 6.50. The summed E-state index contributed by atoms with van der Waals surface area (Å²) in [6.45, 7) is 0.410. The minimum Gasteiger partial charge on any atom is -0.351 e. The van der Waals surface area contributed by atoms with Crippen LogP contribution >= 0.6 is 27.5 Å². The molecule has 0 spiro atoms. The number of amides is 2. The smallest absolute Gasteiger partial charge is 0.314 e. The minimum absolute atomic E-state index is 0.410. The second kappa shape index (κ2) is 4.66. The number of halogens is 2. The molecule has 1 aromatic rings. The SMILES string of the molecule is CN(Cc1cc(Br)ccc1Cl)C(N)=O. The number of nitrogens with zero attached hydrogens (tertiary/aromatic N) is 1. The number of carbonyl (C=O) groups is 1. The topological polar surface area (TPSA) is 46.3 Å². The number of carbonyl (C=O) groups excluding carboxylic acids is 1. The van der Waals surface area contributed by atoms with Crippen LogP contribution < -0.4 is 5.73 Å². The van der Waals surface area contributed by atoms with Crippen LogP contribution in [0.3, 0.4) is 0 Å². The lowest BCUT2D eigenvalue weighted by atomic mass is 10.2. The molecule has 76 valence electrons. The molecule has 0 fully saturated rings. The van der Waals surface area contributed by atoms with Crippen molar-refractivity contribution >= 4 is 33.6 Å². The van der Waals surface area contributed by atoms with E-state index < -0.39 is 6.03 Å². The molecule has 0 aliphatic carbocycles. The molecule has 14 heavy (non-hydrogen) atoms. The standard InChI is InChI=1S/C9H10BrClN2O/c1-13(9(12)14)5-6-4-7(10)2-3-8(6)11/h2-4H,5H2,1H3,(H2,12,14). The third-order valence-corrected chi connectivity index (χ3v) is 2.65. The van der Waals surface area contributed by atoms with Crippen LogP contribution in [-0.4, -0.2) is 18.0 Å². The van der Waals surface area contributed by atoms with Crippen molar-refractivity contribution in [3.63, 3.8) is 0 Å². The third kappa shape index (κ3) is 2.89. The van der Waals surface area contributed by atoms with Gasteiger partial charge < -0.3 is 10.6 Å². The Hall–Kier alpha value is -0.740. The molecule has 2 amide bonds. The monoisotopic (exact) mass is 276 g/mol. The lowest BCUT2D eigenvalue weighted by Gasteiger charge is -2.15. The number of rotatable bonds is 2. The number of hydrogen-bond acceptors (Lipinski definition) is 1. The molecule has 5 heteroatoms. The molecule has 0 radical (unpaired) electrons. The summed E-state index contributed by atoms with van der Waals surface area (Å²) in [5.74, 6) is 0. The van der Waals surface area contributed by atoms with Crippen LogP contribution in [0.2, 0.25) is 5.02 Å². The van der Waals surface area contributed by atoms with Crippen LogP contribution in [0.4, 0.5) is 4.79 Å². The molecule has 0 aliphatic heterocycles. The third-order valence-electron chi connectivity index (χ3n) is 1.79. The van der Waals surface area contributed by atoms with Gasteiger partial charge in [-0.05, 0) is 23.8 Å². The largest absolute Gasteiger partial charge is 0.351 e. The van der Waals surface area contributed by atoms with Crippen molar-refractivity contribution in [2.24, 2.45) is 5.73 Å².